The van der Waals surface area contributed by atoms with Crippen molar-refractivity contribution in [2.24, 2.45) is 17.8 Å². The number of anilines is 1. The average Bonchev–Trinajstić information content (AvgIpc) is 3.15. The fourth-order valence-corrected chi connectivity index (χ4v) is 3.33. The Balaban J connectivity index is 1.56. The van der Waals surface area contributed by atoms with Crippen molar-refractivity contribution in [3.63, 3.8) is 0 Å². The molecular weight excluding hydrogens is 254 g/mol. The van der Waals surface area contributed by atoms with E-state index in [-0.39, 0.29) is 11.8 Å². The van der Waals surface area contributed by atoms with Crippen molar-refractivity contribution in [1.82, 2.24) is 10.1 Å². The molecule has 5 nitrogen and oxygen atoms in total. The molecule has 0 aliphatic heterocycles. The summed E-state index contributed by atoms with van der Waals surface area (Å²) in [5.74, 6) is 1.20. The number of rotatable bonds is 2. The Bertz CT molecular complexity index is 719. The molecule has 0 saturated heterocycles. The summed E-state index contributed by atoms with van der Waals surface area (Å²) in [6, 6.07) is 1.87. The zero-order chi connectivity index (χ0) is 13.7. The second-order valence-corrected chi connectivity index (χ2v) is 5.72. The van der Waals surface area contributed by atoms with Crippen LogP contribution in [0.25, 0.3) is 11.1 Å². The van der Waals surface area contributed by atoms with Gasteiger partial charge in [0, 0.05) is 5.92 Å². The molecule has 1 N–H and O–H groups in total. The predicted octanol–water partition coefficient (Wildman–Crippen LogP) is 2.68. The van der Waals surface area contributed by atoms with Gasteiger partial charge in [0.1, 0.15) is 0 Å². The number of nitrogens with one attached hydrogen (secondary N) is 1. The lowest BCUT2D eigenvalue weighted by atomic mass is 9.93. The van der Waals surface area contributed by atoms with E-state index in [1.165, 1.54) is 0 Å². The van der Waals surface area contributed by atoms with Crippen molar-refractivity contribution in [1.29, 1.82) is 0 Å². The number of aromatic nitrogens is 2. The summed E-state index contributed by atoms with van der Waals surface area (Å²) in [4.78, 5) is 16.5. The monoisotopic (exact) mass is 269 g/mol. The Morgan fingerprint density at radius 2 is 2.30 bits per heavy atom. The van der Waals surface area contributed by atoms with E-state index in [4.69, 9.17) is 4.52 Å². The highest BCUT2D eigenvalue weighted by Gasteiger charge is 2.39. The lowest BCUT2D eigenvalue weighted by molar-refractivity contribution is -0.120. The minimum Gasteiger partial charge on any atom is -0.336 e. The van der Waals surface area contributed by atoms with Crippen LogP contribution in [0.1, 0.15) is 18.5 Å². The molecule has 102 valence electrons. The Morgan fingerprint density at radius 1 is 1.40 bits per heavy atom. The van der Waals surface area contributed by atoms with Crippen molar-refractivity contribution < 1.29 is 9.32 Å². The molecule has 1 amide bonds. The third-order valence-electron chi connectivity index (χ3n) is 4.39. The molecule has 0 radical (unpaired) electrons. The Kier molecular flexibility index (Phi) is 2.42. The summed E-state index contributed by atoms with van der Waals surface area (Å²) in [7, 11) is 0. The number of aryl methyl sites for hydroxylation is 1. The second kappa shape index (κ2) is 4.16. The van der Waals surface area contributed by atoms with Crippen LogP contribution in [0.5, 0.6) is 0 Å². The molecule has 2 aromatic heterocycles. The van der Waals surface area contributed by atoms with Gasteiger partial charge in [0.15, 0.2) is 0 Å². The van der Waals surface area contributed by atoms with Crippen LogP contribution in [0, 0.1) is 24.7 Å². The summed E-state index contributed by atoms with van der Waals surface area (Å²) in [5, 5.41) is 7.68. The second-order valence-electron chi connectivity index (χ2n) is 5.72. The lowest BCUT2D eigenvalue weighted by Gasteiger charge is -2.17. The first kappa shape index (κ1) is 11.6. The number of nitrogens with zero attached hydrogens (tertiary/aromatic N) is 2. The first-order valence-corrected chi connectivity index (χ1v) is 6.92. The van der Waals surface area contributed by atoms with Crippen molar-refractivity contribution in [2.45, 2.75) is 19.8 Å². The van der Waals surface area contributed by atoms with Crippen molar-refractivity contribution >= 4 is 22.7 Å². The van der Waals surface area contributed by atoms with Gasteiger partial charge in [-0.25, -0.2) is 4.98 Å². The van der Waals surface area contributed by atoms with Crippen LogP contribution in [0.4, 0.5) is 5.69 Å². The number of hydrogen-bond donors (Lipinski definition) is 1. The third-order valence-corrected chi connectivity index (χ3v) is 4.39. The summed E-state index contributed by atoms with van der Waals surface area (Å²) < 4.78 is 5.07. The summed E-state index contributed by atoms with van der Waals surface area (Å²) in [6.45, 7) is 1.86. The van der Waals surface area contributed by atoms with Crippen LogP contribution in [-0.4, -0.2) is 16.0 Å². The number of amides is 1. The number of allylic oxidation sites excluding steroid dienone is 2. The van der Waals surface area contributed by atoms with Gasteiger partial charge < -0.3 is 9.84 Å². The largest absolute Gasteiger partial charge is 0.336 e. The fraction of sp³-hybridized carbons (Fsp3) is 0.400. The van der Waals surface area contributed by atoms with Crippen LogP contribution < -0.4 is 5.32 Å². The molecule has 20 heavy (non-hydrogen) atoms. The van der Waals surface area contributed by atoms with E-state index >= 15 is 0 Å². The number of carbonyl (C=O) groups excluding carboxylic acids is 1. The molecule has 0 spiro atoms. The van der Waals surface area contributed by atoms with Gasteiger partial charge in [-0.05, 0) is 37.7 Å². The van der Waals surface area contributed by atoms with Gasteiger partial charge in [-0.3, -0.25) is 4.79 Å². The van der Waals surface area contributed by atoms with Gasteiger partial charge in [0.2, 0.25) is 5.91 Å². The molecule has 2 bridgehead atoms. The van der Waals surface area contributed by atoms with Crippen LogP contribution in [0.2, 0.25) is 0 Å². The quantitative estimate of drug-likeness (QED) is 0.851. The number of carbonyl (C=O) groups is 1. The van der Waals surface area contributed by atoms with E-state index < -0.39 is 0 Å². The number of pyridine rings is 1. The standard InChI is InChI=1S/C15H15N3O2/c1-8-12-6-11(7-16-15(12)20-18-8)17-14(19)13-5-9-2-3-10(13)4-9/h2-3,6-7,9-10,13H,4-5H2,1H3,(H,17,19). The molecule has 2 heterocycles. The van der Waals surface area contributed by atoms with Crippen molar-refractivity contribution in [3.05, 3.63) is 30.1 Å². The van der Waals surface area contributed by atoms with Gasteiger partial charge in [-0.1, -0.05) is 17.3 Å². The molecule has 3 unspecified atom stereocenters. The Hall–Kier alpha value is -2.17. The predicted molar refractivity (Wildman–Crippen MR) is 74.0 cm³/mol. The summed E-state index contributed by atoms with van der Waals surface area (Å²) in [5.41, 5.74) is 2.00. The van der Waals surface area contributed by atoms with E-state index in [9.17, 15) is 4.79 Å². The highest BCUT2D eigenvalue weighted by molar-refractivity contribution is 5.94. The smallest absolute Gasteiger partial charge is 0.258 e. The molecule has 3 atom stereocenters. The molecule has 4 rings (SSSR count). The van der Waals surface area contributed by atoms with E-state index in [2.05, 4.69) is 27.6 Å². The van der Waals surface area contributed by atoms with Crippen LogP contribution in [0.15, 0.2) is 28.9 Å². The Morgan fingerprint density at radius 3 is 3.05 bits per heavy atom. The maximum absolute atomic E-state index is 12.4. The van der Waals surface area contributed by atoms with E-state index in [1.807, 2.05) is 13.0 Å². The normalized spacial score (nSPS) is 27.4. The molecule has 2 aromatic rings. The van der Waals surface area contributed by atoms with Gasteiger partial charge in [-0.2, -0.15) is 0 Å². The van der Waals surface area contributed by atoms with Crippen molar-refractivity contribution in [3.8, 4) is 0 Å². The SMILES string of the molecule is Cc1noc2ncc(NC(=O)C3CC4C=CC3C4)cc12. The number of hydrogen-bond acceptors (Lipinski definition) is 4. The average molecular weight is 269 g/mol. The van der Waals surface area contributed by atoms with E-state index in [0.717, 1.165) is 23.9 Å². The first-order chi connectivity index (χ1) is 9.70. The fourth-order valence-electron chi connectivity index (χ4n) is 3.33. The molecule has 1 fully saturated rings. The number of fused-ring (bicyclic) bond motifs is 3. The van der Waals surface area contributed by atoms with Crippen LogP contribution in [-0.2, 0) is 4.79 Å². The summed E-state index contributed by atoms with van der Waals surface area (Å²) in [6.07, 6.45) is 8.13. The summed E-state index contributed by atoms with van der Waals surface area (Å²) >= 11 is 0. The highest BCUT2D eigenvalue weighted by atomic mass is 16.5. The Labute approximate surface area is 116 Å². The maximum atomic E-state index is 12.4. The zero-order valence-corrected chi connectivity index (χ0v) is 11.2. The molecule has 2 aliphatic rings. The van der Waals surface area contributed by atoms with Gasteiger partial charge in [-0.15, -0.1) is 0 Å². The van der Waals surface area contributed by atoms with Gasteiger partial charge in [0.25, 0.3) is 5.71 Å². The van der Waals surface area contributed by atoms with Crippen molar-refractivity contribution in [2.75, 3.05) is 5.32 Å². The third kappa shape index (κ3) is 1.73. The maximum Gasteiger partial charge on any atom is 0.258 e. The minimum atomic E-state index is 0.0945. The molecule has 5 heteroatoms. The molecule has 2 aliphatic carbocycles. The molecule has 0 aromatic carbocycles. The minimum absolute atomic E-state index is 0.0945. The first-order valence-electron chi connectivity index (χ1n) is 6.92. The van der Waals surface area contributed by atoms with Gasteiger partial charge >= 0.3 is 0 Å². The van der Waals surface area contributed by atoms with E-state index in [0.29, 0.717) is 23.2 Å². The zero-order valence-electron chi connectivity index (χ0n) is 11.2. The van der Waals surface area contributed by atoms with Crippen LogP contribution in [0.3, 0.4) is 0 Å². The highest BCUT2D eigenvalue weighted by Crippen LogP contribution is 2.43. The lowest BCUT2D eigenvalue weighted by Crippen LogP contribution is -2.25. The van der Waals surface area contributed by atoms with Crippen LogP contribution >= 0.6 is 0 Å². The van der Waals surface area contributed by atoms with E-state index in [1.54, 1.807) is 6.20 Å². The molecular formula is C15H15N3O2. The van der Waals surface area contributed by atoms with Gasteiger partial charge in [0.05, 0.1) is 23.0 Å². The molecule has 1 saturated carbocycles. The topological polar surface area (TPSA) is 68.0 Å².